The first-order valence-electron chi connectivity index (χ1n) is 8.68. The van der Waals surface area contributed by atoms with Crippen molar-refractivity contribution < 1.29 is 17.5 Å². The van der Waals surface area contributed by atoms with Crippen LogP contribution in [0, 0.1) is 5.82 Å². The van der Waals surface area contributed by atoms with Crippen LogP contribution in [-0.4, -0.2) is 27.7 Å². The molecule has 1 atom stereocenters. The molecule has 0 bridgehead atoms. The van der Waals surface area contributed by atoms with E-state index >= 15 is 0 Å². The van der Waals surface area contributed by atoms with E-state index in [4.69, 9.17) is 4.74 Å². The molecule has 1 unspecified atom stereocenters. The average molecular weight is 378 g/mol. The highest BCUT2D eigenvalue weighted by Gasteiger charge is 2.20. The van der Waals surface area contributed by atoms with Crippen LogP contribution in [0.5, 0.6) is 0 Å². The van der Waals surface area contributed by atoms with Crippen LogP contribution in [0.4, 0.5) is 4.39 Å². The van der Waals surface area contributed by atoms with Gasteiger partial charge in [0, 0.05) is 26.2 Å². The molecule has 140 valence electrons. The maximum atomic E-state index is 12.9. The van der Waals surface area contributed by atoms with Gasteiger partial charge in [0.05, 0.1) is 11.0 Å². The number of benzene rings is 2. The fraction of sp³-hybridized carbons (Fsp3) is 0.368. The molecule has 2 aromatic rings. The largest absolute Gasteiger partial charge is 0.377 e. The zero-order valence-corrected chi connectivity index (χ0v) is 15.3. The van der Waals surface area contributed by atoms with E-state index in [0.717, 1.165) is 24.0 Å². The first-order chi connectivity index (χ1) is 12.5. The van der Waals surface area contributed by atoms with Crippen molar-refractivity contribution in [3.05, 3.63) is 65.5 Å². The van der Waals surface area contributed by atoms with Crippen molar-refractivity contribution in [3.8, 4) is 0 Å². The third kappa shape index (κ3) is 5.35. The van der Waals surface area contributed by atoms with Crippen LogP contribution in [0.25, 0.3) is 0 Å². The standard InChI is InChI=1S/C19H23FN2O3S/c20-17-7-3-15(4-8-17)12-21-13-16-5-9-19(10-6-16)26(23,24)22-14-18-2-1-11-25-18/h3-10,18,21-22H,1-2,11-14H2. The number of halogens is 1. The smallest absolute Gasteiger partial charge is 0.240 e. The van der Waals surface area contributed by atoms with E-state index in [-0.39, 0.29) is 16.8 Å². The van der Waals surface area contributed by atoms with Gasteiger partial charge in [0.1, 0.15) is 5.82 Å². The van der Waals surface area contributed by atoms with Crippen molar-refractivity contribution in [2.75, 3.05) is 13.2 Å². The first kappa shape index (κ1) is 19.0. The maximum absolute atomic E-state index is 12.9. The number of hydrogen-bond donors (Lipinski definition) is 2. The van der Waals surface area contributed by atoms with Gasteiger partial charge >= 0.3 is 0 Å². The van der Waals surface area contributed by atoms with E-state index < -0.39 is 10.0 Å². The number of rotatable bonds is 8. The van der Waals surface area contributed by atoms with Crippen LogP contribution < -0.4 is 10.0 Å². The summed E-state index contributed by atoms with van der Waals surface area (Å²) in [5.41, 5.74) is 1.97. The second kappa shape index (κ2) is 8.73. The van der Waals surface area contributed by atoms with E-state index in [2.05, 4.69) is 10.0 Å². The topological polar surface area (TPSA) is 67.4 Å². The number of hydrogen-bond acceptors (Lipinski definition) is 4. The SMILES string of the molecule is O=S(=O)(NCC1CCCO1)c1ccc(CNCc2ccc(F)cc2)cc1. The van der Waals surface area contributed by atoms with E-state index in [1.807, 2.05) is 0 Å². The quantitative estimate of drug-likeness (QED) is 0.741. The molecule has 7 heteroatoms. The Hall–Kier alpha value is -1.80. The summed E-state index contributed by atoms with van der Waals surface area (Å²) in [7, 11) is -3.52. The minimum atomic E-state index is -3.52. The third-order valence-corrected chi connectivity index (χ3v) is 5.77. The van der Waals surface area contributed by atoms with Crippen LogP contribution in [0.3, 0.4) is 0 Å². The molecule has 0 aliphatic carbocycles. The van der Waals surface area contributed by atoms with Gasteiger partial charge < -0.3 is 10.1 Å². The second-order valence-electron chi connectivity index (χ2n) is 6.36. The Morgan fingerprint density at radius 1 is 1.00 bits per heavy atom. The molecule has 0 amide bonds. The van der Waals surface area contributed by atoms with Gasteiger partial charge in [-0.2, -0.15) is 0 Å². The summed E-state index contributed by atoms with van der Waals surface area (Å²) in [4.78, 5) is 0.248. The molecule has 2 N–H and O–H groups in total. The predicted molar refractivity (Wildman–Crippen MR) is 97.5 cm³/mol. The minimum absolute atomic E-state index is 0.0280. The summed E-state index contributed by atoms with van der Waals surface area (Å²) in [5, 5.41) is 3.25. The van der Waals surface area contributed by atoms with Crippen molar-refractivity contribution in [1.82, 2.24) is 10.0 Å². The molecule has 1 saturated heterocycles. The van der Waals surface area contributed by atoms with Crippen molar-refractivity contribution >= 4 is 10.0 Å². The molecular weight excluding hydrogens is 355 g/mol. The molecule has 26 heavy (non-hydrogen) atoms. The van der Waals surface area contributed by atoms with Gasteiger partial charge in [-0.3, -0.25) is 0 Å². The number of ether oxygens (including phenoxy) is 1. The summed E-state index contributed by atoms with van der Waals surface area (Å²) in [5.74, 6) is -0.251. The Bertz CT molecular complexity index is 802. The lowest BCUT2D eigenvalue weighted by molar-refractivity contribution is 0.114. The lowest BCUT2D eigenvalue weighted by Crippen LogP contribution is -2.31. The van der Waals surface area contributed by atoms with Crippen LogP contribution in [0.15, 0.2) is 53.4 Å². The Morgan fingerprint density at radius 3 is 2.19 bits per heavy atom. The molecule has 1 aliphatic heterocycles. The van der Waals surface area contributed by atoms with Gasteiger partial charge in [-0.1, -0.05) is 24.3 Å². The van der Waals surface area contributed by atoms with Gasteiger partial charge in [-0.05, 0) is 48.2 Å². The van der Waals surface area contributed by atoms with E-state index in [1.54, 1.807) is 36.4 Å². The van der Waals surface area contributed by atoms with Gasteiger partial charge in [-0.25, -0.2) is 17.5 Å². The van der Waals surface area contributed by atoms with Crippen molar-refractivity contribution in [2.24, 2.45) is 0 Å². The predicted octanol–water partition coefficient (Wildman–Crippen LogP) is 2.57. The molecular formula is C19H23FN2O3S. The zero-order chi connectivity index (χ0) is 18.4. The molecule has 0 saturated carbocycles. The Kier molecular flexibility index (Phi) is 6.37. The van der Waals surface area contributed by atoms with Crippen LogP contribution in [0.1, 0.15) is 24.0 Å². The molecule has 2 aromatic carbocycles. The lowest BCUT2D eigenvalue weighted by atomic mass is 10.2. The van der Waals surface area contributed by atoms with E-state index in [0.29, 0.717) is 26.2 Å². The normalized spacial score (nSPS) is 17.5. The highest BCUT2D eigenvalue weighted by molar-refractivity contribution is 7.89. The zero-order valence-electron chi connectivity index (χ0n) is 14.4. The van der Waals surface area contributed by atoms with E-state index in [1.165, 1.54) is 12.1 Å². The van der Waals surface area contributed by atoms with Crippen LogP contribution in [-0.2, 0) is 27.8 Å². The number of nitrogens with one attached hydrogen (secondary N) is 2. The molecule has 0 aromatic heterocycles. The molecule has 5 nitrogen and oxygen atoms in total. The number of sulfonamides is 1. The summed E-state index contributed by atoms with van der Waals surface area (Å²) in [6.45, 7) is 2.22. The molecule has 3 rings (SSSR count). The monoisotopic (exact) mass is 378 g/mol. The average Bonchev–Trinajstić information content (AvgIpc) is 3.16. The highest BCUT2D eigenvalue weighted by Crippen LogP contribution is 2.14. The lowest BCUT2D eigenvalue weighted by Gasteiger charge is -2.12. The van der Waals surface area contributed by atoms with Crippen molar-refractivity contribution in [2.45, 2.75) is 36.9 Å². The van der Waals surface area contributed by atoms with E-state index in [9.17, 15) is 12.8 Å². The molecule has 1 aliphatic rings. The maximum Gasteiger partial charge on any atom is 0.240 e. The minimum Gasteiger partial charge on any atom is -0.377 e. The summed E-state index contributed by atoms with van der Waals surface area (Å²) in [6, 6.07) is 13.1. The van der Waals surface area contributed by atoms with Crippen molar-refractivity contribution in [3.63, 3.8) is 0 Å². The van der Waals surface area contributed by atoms with Crippen LogP contribution >= 0.6 is 0 Å². The Labute approximate surface area is 153 Å². The fourth-order valence-corrected chi connectivity index (χ4v) is 3.90. The molecule has 1 fully saturated rings. The Morgan fingerprint density at radius 2 is 1.62 bits per heavy atom. The van der Waals surface area contributed by atoms with Gasteiger partial charge in [0.15, 0.2) is 0 Å². The summed E-state index contributed by atoms with van der Waals surface area (Å²) >= 11 is 0. The third-order valence-electron chi connectivity index (χ3n) is 4.33. The second-order valence-corrected chi connectivity index (χ2v) is 8.13. The Balaban J connectivity index is 1.49. The van der Waals surface area contributed by atoms with Crippen molar-refractivity contribution in [1.29, 1.82) is 0 Å². The molecule has 0 spiro atoms. The summed E-state index contributed by atoms with van der Waals surface area (Å²) < 4.78 is 45.5. The van der Waals surface area contributed by atoms with Crippen LogP contribution in [0.2, 0.25) is 0 Å². The van der Waals surface area contributed by atoms with Gasteiger partial charge in [-0.15, -0.1) is 0 Å². The fourth-order valence-electron chi connectivity index (χ4n) is 2.83. The molecule has 1 heterocycles. The van der Waals surface area contributed by atoms with Gasteiger partial charge in [0.2, 0.25) is 10.0 Å². The highest BCUT2D eigenvalue weighted by atomic mass is 32.2. The summed E-state index contributed by atoms with van der Waals surface area (Å²) in [6.07, 6.45) is 1.84. The first-order valence-corrected chi connectivity index (χ1v) is 10.2. The molecule has 0 radical (unpaired) electrons. The van der Waals surface area contributed by atoms with Gasteiger partial charge in [0.25, 0.3) is 0 Å².